The third-order valence-electron chi connectivity index (χ3n) is 2.85. The van der Waals surface area contributed by atoms with Crippen LogP contribution in [-0.2, 0) is 19.4 Å². The predicted octanol–water partition coefficient (Wildman–Crippen LogP) is 0.816. The average molecular weight is 261 g/mol. The molecule has 1 aromatic carbocycles. The number of hydrogen-bond acceptors (Lipinski definition) is 5. The summed E-state index contributed by atoms with van der Waals surface area (Å²) >= 11 is 0. The molecule has 0 fully saturated rings. The molecule has 0 aliphatic rings. The van der Waals surface area contributed by atoms with Crippen molar-refractivity contribution in [3.63, 3.8) is 0 Å². The number of hydrogen-bond donors (Lipinski definition) is 1. The first-order valence-electron chi connectivity index (χ1n) is 6.41. The van der Waals surface area contributed by atoms with Crippen LogP contribution < -0.4 is 10.5 Å². The molecule has 1 aromatic heterocycles. The Hall–Kier alpha value is -1.95. The first-order valence-corrected chi connectivity index (χ1v) is 6.41. The summed E-state index contributed by atoms with van der Waals surface area (Å²) in [6.45, 7) is 1.37. The Balaban J connectivity index is 1.85. The molecular formula is C13H19N5O. The highest BCUT2D eigenvalue weighted by molar-refractivity contribution is 5.27. The summed E-state index contributed by atoms with van der Waals surface area (Å²) in [7, 11) is 1.67. The zero-order chi connectivity index (χ0) is 13.5. The Bertz CT molecular complexity index is 494. The van der Waals surface area contributed by atoms with Gasteiger partial charge in [0.1, 0.15) is 5.75 Å². The molecule has 6 nitrogen and oxygen atoms in total. The van der Waals surface area contributed by atoms with Gasteiger partial charge in [0.2, 0.25) is 0 Å². The summed E-state index contributed by atoms with van der Waals surface area (Å²) in [5.74, 6) is 1.64. The number of ether oxygens (including phenoxy) is 1. The summed E-state index contributed by atoms with van der Waals surface area (Å²) in [4.78, 5) is 1.61. The highest BCUT2D eigenvalue weighted by Gasteiger charge is 2.03. The van der Waals surface area contributed by atoms with Crippen LogP contribution in [0.15, 0.2) is 24.3 Å². The maximum atomic E-state index is 5.44. The molecule has 0 aliphatic carbocycles. The minimum atomic E-state index is 0.642. The van der Waals surface area contributed by atoms with Crippen molar-refractivity contribution in [2.24, 2.45) is 5.73 Å². The Kier molecular flexibility index (Phi) is 4.85. The van der Waals surface area contributed by atoms with E-state index in [-0.39, 0.29) is 0 Å². The zero-order valence-electron chi connectivity index (χ0n) is 11.1. The molecule has 1 heterocycles. The minimum absolute atomic E-state index is 0.642. The lowest BCUT2D eigenvalue weighted by atomic mass is 10.1. The van der Waals surface area contributed by atoms with Crippen LogP contribution in [0.4, 0.5) is 0 Å². The fourth-order valence-corrected chi connectivity index (χ4v) is 1.75. The van der Waals surface area contributed by atoms with E-state index in [0.29, 0.717) is 6.54 Å². The third-order valence-corrected chi connectivity index (χ3v) is 2.85. The van der Waals surface area contributed by atoms with Gasteiger partial charge in [0.05, 0.1) is 13.7 Å². The second-order valence-corrected chi connectivity index (χ2v) is 4.29. The van der Waals surface area contributed by atoms with Gasteiger partial charge in [0.25, 0.3) is 0 Å². The van der Waals surface area contributed by atoms with E-state index in [4.69, 9.17) is 10.5 Å². The second kappa shape index (κ2) is 6.84. The molecule has 2 N–H and O–H groups in total. The number of methoxy groups -OCH3 is 1. The molecule has 2 aromatic rings. The van der Waals surface area contributed by atoms with Crippen LogP contribution >= 0.6 is 0 Å². The first-order chi connectivity index (χ1) is 9.31. The molecular weight excluding hydrogens is 242 g/mol. The quantitative estimate of drug-likeness (QED) is 0.798. The van der Waals surface area contributed by atoms with Crippen molar-refractivity contribution in [1.82, 2.24) is 20.2 Å². The van der Waals surface area contributed by atoms with Crippen molar-refractivity contribution in [1.29, 1.82) is 0 Å². The molecule has 102 valence electrons. The van der Waals surface area contributed by atoms with Crippen molar-refractivity contribution in [3.8, 4) is 5.75 Å². The number of benzene rings is 1. The van der Waals surface area contributed by atoms with Crippen LogP contribution in [0.5, 0.6) is 5.75 Å². The number of nitrogens with two attached hydrogens (primary N) is 1. The molecule has 0 unspecified atom stereocenters. The molecule has 0 spiro atoms. The Morgan fingerprint density at radius 1 is 1.21 bits per heavy atom. The average Bonchev–Trinajstić information content (AvgIpc) is 2.91. The molecule has 19 heavy (non-hydrogen) atoms. The maximum absolute atomic E-state index is 5.44. The number of tetrazole rings is 1. The van der Waals surface area contributed by atoms with E-state index in [1.807, 2.05) is 12.1 Å². The lowest BCUT2D eigenvalue weighted by Crippen LogP contribution is -2.08. The smallest absolute Gasteiger partial charge is 0.175 e. The summed E-state index contributed by atoms with van der Waals surface area (Å²) < 4.78 is 5.12. The predicted molar refractivity (Wildman–Crippen MR) is 71.9 cm³/mol. The zero-order valence-corrected chi connectivity index (χ0v) is 11.1. The standard InChI is InChI=1S/C13H19N5O/c1-19-12-6-3-11(4-7-12)5-8-13-15-17-18(16-13)10-2-9-14/h3-4,6-7H,2,5,8-10,14H2,1H3. The van der Waals surface area contributed by atoms with E-state index in [9.17, 15) is 0 Å². The van der Waals surface area contributed by atoms with Gasteiger partial charge < -0.3 is 10.5 Å². The summed E-state index contributed by atoms with van der Waals surface area (Å²) in [6.07, 6.45) is 2.55. The van der Waals surface area contributed by atoms with E-state index in [1.54, 1.807) is 11.9 Å². The monoisotopic (exact) mass is 261 g/mol. The second-order valence-electron chi connectivity index (χ2n) is 4.29. The maximum Gasteiger partial charge on any atom is 0.175 e. The molecule has 0 saturated heterocycles. The van der Waals surface area contributed by atoms with Gasteiger partial charge in [-0.2, -0.15) is 4.80 Å². The highest BCUT2D eigenvalue weighted by Crippen LogP contribution is 2.12. The van der Waals surface area contributed by atoms with Crippen molar-refractivity contribution >= 4 is 0 Å². The molecule has 0 bridgehead atoms. The van der Waals surface area contributed by atoms with E-state index in [1.165, 1.54) is 5.56 Å². The summed E-state index contributed by atoms with van der Waals surface area (Å²) in [6, 6.07) is 8.02. The lowest BCUT2D eigenvalue weighted by Gasteiger charge is -2.01. The summed E-state index contributed by atoms with van der Waals surface area (Å²) in [5.41, 5.74) is 6.68. The molecule has 0 amide bonds. The van der Waals surface area contributed by atoms with Crippen LogP contribution in [0.1, 0.15) is 17.8 Å². The van der Waals surface area contributed by atoms with Gasteiger partial charge in [-0.05, 0) is 42.3 Å². The van der Waals surface area contributed by atoms with Gasteiger partial charge in [0.15, 0.2) is 5.82 Å². The third kappa shape index (κ3) is 4.03. The Morgan fingerprint density at radius 2 is 2.00 bits per heavy atom. The van der Waals surface area contributed by atoms with Crippen molar-refractivity contribution < 1.29 is 4.74 Å². The van der Waals surface area contributed by atoms with Gasteiger partial charge >= 0.3 is 0 Å². The molecule has 0 radical (unpaired) electrons. The van der Waals surface area contributed by atoms with Gasteiger partial charge in [-0.25, -0.2) is 0 Å². The van der Waals surface area contributed by atoms with Gasteiger partial charge in [-0.3, -0.25) is 0 Å². The van der Waals surface area contributed by atoms with E-state index < -0.39 is 0 Å². The Morgan fingerprint density at radius 3 is 2.68 bits per heavy atom. The molecule has 6 heteroatoms. The molecule has 0 atom stereocenters. The highest BCUT2D eigenvalue weighted by atomic mass is 16.5. The van der Waals surface area contributed by atoms with E-state index in [2.05, 4.69) is 27.5 Å². The van der Waals surface area contributed by atoms with Crippen LogP contribution in [-0.4, -0.2) is 33.9 Å². The normalized spacial score (nSPS) is 10.6. The largest absolute Gasteiger partial charge is 0.497 e. The van der Waals surface area contributed by atoms with Gasteiger partial charge in [0, 0.05) is 6.42 Å². The number of aryl methyl sites for hydroxylation is 3. The van der Waals surface area contributed by atoms with Crippen molar-refractivity contribution in [3.05, 3.63) is 35.7 Å². The van der Waals surface area contributed by atoms with Crippen molar-refractivity contribution in [2.75, 3.05) is 13.7 Å². The van der Waals surface area contributed by atoms with Crippen LogP contribution in [0.25, 0.3) is 0 Å². The minimum Gasteiger partial charge on any atom is -0.497 e. The fraction of sp³-hybridized carbons (Fsp3) is 0.462. The number of rotatable bonds is 7. The van der Waals surface area contributed by atoms with Crippen LogP contribution in [0.3, 0.4) is 0 Å². The first kappa shape index (κ1) is 13.5. The SMILES string of the molecule is COc1ccc(CCc2nnn(CCCN)n2)cc1. The van der Waals surface area contributed by atoms with Crippen LogP contribution in [0, 0.1) is 0 Å². The summed E-state index contributed by atoms with van der Waals surface area (Å²) in [5, 5.41) is 12.3. The Labute approximate surface area is 112 Å². The van der Waals surface area contributed by atoms with Crippen molar-refractivity contribution in [2.45, 2.75) is 25.8 Å². The van der Waals surface area contributed by atoms with Crippen LogP contribution in [0.2, 0.25) is 0 Å². The molecule has 2 rings (SSSR count). The molecule has 0 aliphatic heterocycles. The lowest BCUT2D eigenvalue weighted by molar-refractivity contribution is 0.414. The molecule has 0 saturated carbocycles. The van der Waals surface area contributed by atoms with Gasteiger partial charge in [-0.1, -0.05) is 12.1 Å². The fourth-order valence-electron chi connectivity index (χ4n) is 1.75. The number of aromatic nitrogens is 4. The van der Waals surface area contributed by atoms with E-state index in [0.717, 1.165) is 37.4 Å². The topological polar surface area (TPSA) is 78.9 Å². The van der Waals surface area contributed by atoms with Gasteiger partial charge in [-0.15, -0.1) is 10.2 Å². The number of nitrogens with zero attached hydrogens (tertiary/aromatic N) is 4. The van der Waals surface area contributed by atoms with E-state index >= 15 is 0 Å².